The van der Waals surface area contributed by atoms with Crippen LogP contribution in [-0.4, -0.2) is 54.1 Å². The van der Waals surface area contributed by atoms with Crippen molar-refractivity contribution in [2.75, 3.05) is 20.3 Å². The first kappa shape index (κ1) is 20.7. The van der Waals surface area contributed by atoms with Crippen LogP contribution in [0.15, 0.2) is 48.5 Å². The van der Waals surface area contributed by atoms with Gasteiger partial charge in [0.05, 0.1) is 36.9 Å². The van der Waals surface area contributed by atoms with E-state index in [-0.39, 0.29) is 23.8 Å². The predicted octanol–water partition coefficient (Wildman–Crippen LogP) is 3.85. The third kappa shape index (κ3) is 3.13. The Bertz CT molecular complexity index is 1490. The zero-order valence-electron chi connectivity index (χ0n) is 18.4. The highest BCUT2D eigenvalue weighted by Gasteiger charge is 2.41. The van der Waals surface area contributed by atoms with Crippen molar-refractivity contribution < 1.29 is 23.5 Å². The number of halogens is 1. The number of nitrogens with two attached hydrogens (primary N) is 1. The Hall–Kier alpha value is -3.91. The second-order valence-corrected chi connectivity index (χ2v) is 8.85. The molecule has 2 bridgehead atoms. The molecule has 2 fully saturated rings. The standard InChI is InChI=1S/C26H22FN3O4/c1-33-23-5-3-13(9-21(23)27)15-7-19-18-6-14(26(32)30-11-17-10-16(30)12-34-17)2-4-22(18)29-24(19)20(8-15)25(28)31/h2-9,16-17,29H,10-12H2,1H3,(H2,28,31)/t16-,17-/m0/s1. The monoisotopic (exact) mass is 459 g/mol. The highest BCUT2D eigenvalue weighted by Crippen LogP contribution is 2.35. The Morgan fingerprint density at radius 3 is 2.65 bits per heavy atom. The van der Waals surface area contributed by atoms with Crippen LogP contribution in [0.3, 0.4) is 0 Å². The molecule has 34 heavy (non-hydrogen) atoms. The Morgan fingerprint density at radius 2 is 1.97 bits per heavy atom. The number of hydrogen-bond acceptors (Lipinski definition) is 4. The van der Waals surface area contributed by atoms with Crippen LogP contribution in [0.4, 0.5) is 4.39 Å². The fourth-order valence-electron chi connectivity index (χ4n) is 5.15. The van der Waals surface area contributed by atoms with Gasteiger partial charge in [-0.1, -0.05) is 6.07 Å². The van der Waals surface area contributed by atoms with E-state index in [9.17, 15) is 14.0 Å². The van der Waals surface area contributed by atoms with Crippen molar-refractivity contribution in [1.82, 2.24) is 9.88 Å². The molecule has 3 heterocycles. The summed E-state index contributed by atoms with van der Waals surface area (Å²) in [7, 11) is 1.40. The number of likely N-dealkylation sites (tertiary alicyclic amines) is 1. The number of ether oxygens (including phenoxy) is 2. The first-order valence-electron chi connectivity index (χ1n) is 11.1. The van der Waals surface area contributed by atoms with Crippen LogP contribution in [0, 0.1) is 5.82 Å². The molecule has 2 atom stereocenters. The molecule has 0 aliphatic carbocycles. The number of nitrogens with one attached hydrogen (secondary N) is 1. The zero-order valence-corrected chi connectivity index (χ0v) is 18.4. The summed E-state index contributed by atoms with van der Waals surface area (Å²) in [5.41, 5.74) is 9.13. The van der Waals surface area contributed by atoms with Gasteiger partial charge >= 0.3 is 0 Å². The molecule has 0 unspecified atom stereocenters. The van der Waals surface area contributed by atoms with E-state index in [0.29, 0.717) is 40.9 Å². The molecular formula is C26H22FN3O4. The molecule has 8 heteroatoms. The van der Waals surface area contributed by atoms with Gasteiger partial charge in [0, 0.05) is 28.4 Å². The van der Waals surface area contributed by atoms with Gasteiger partial charge in [-0.2, -0.15) is 0 Å². The van der Waals surface area contributed by atoms with Gasteiger partial charge < -0.3 is 25.1 Å². The number of methoxy groups -OCH3 is 1. The number of hydrogen-bond donors (Lipinski definition) is 2. The number of aromatic nitrogens is 1. The van der Waals surface area contributed by atoms with Crippen LogP contribution >= 0.6 is 0 Å². The summed E-state index contributed by atoms with van der Waals surface area (Å²) < 4.78 is 25.0. The molecule has 0 spiro atoms. The molecule has 172 valence electrons. The molecule has 2 saturated heterocycles. The van der Waals surface area contributed by atoms with Crippen molar-refractivity contribution in [1.29, 1.82) is 0 Å². The summed E-state index contributed by atoms with van der Waals surface area (Å²) >= 11 is 0. The third-order valence-electron chi connectivity index (χ3n) is 6.87. The molecule has 7 nitrogen and oxygen atoms in total. The van der Waals surface area contributed by atoms with Crippen LogP contribution < -0.4 is 10.5 Å². The van der Waals surface area contributed by atoms with Gasteiger partial charge in [0.25, 0.3) is 11.8 Å². The molecule has 4 aromatic rings. The van der Waals surface area contributed by atoms with E-state index in [0.717, 1.165) is 22.7 Å². The minimum absolute atomic E-state index is 0.0319. The van der Waals surface area contributed by atoms with Gasteiger partial charge in [-0.15, -0.1) is 0 Å². The molecule has 0 radical (unpaired) electrons. The Labute approximate surface area is 194 Å². The number of primary amides is 1. The number of amides is 2. The van der Waals surface area contributed by atoms with Crippen LogP contribution in [-0.2, 0) is 4.74 Å². The minimum Gasteiger partial charge on any atom is -0.494 e. The highest BCUT2D eigenvalue weighted by atomic mass is 19.1. The second-order valence-electron chi connectivity index (χ2n) is 8.85. The molecule has 2 aliphatic rings. The molecule has 3 aromatic carbocycles. The molecule has 1 aromatic heterocycles. The van der Waals surface area contributed by atoms with Crippen LogP contribution in [0.5, 0.6) is 5.75 Å². The average Bonchev–Trinajstić information content (AvgIpc) is 3.56. The number of benzene rings is 3. The summed E-state index contributed by atoms with van der Waals surface area (Å²) in [5.74, 6) is -1.00. The van der Waals surface area contributed by atoms with Crippen molar-refractivity contribution >= 4 is 33.6 Å². The van der Waals surface area contributed by atoms with Crippen LogP contribution in [0.2, 0.25) is 0 Å². The topological polar surface area (TPSA) is 97.7 Å². The lowest BCUT2D eigenvalue weighted by Gasteiger charge is -2.26. The normalized spacial score (nSPS) is 19.3. The van der Waals surface area contributed by atoms with Gasteiger partial charge in [-0.25, -0.2) is 4.39 Å². The Balaban J connectivity index is 1.50. The largest absolute Gasteiger partial charge is 0.494 e. The summed E-state index contributed by atoms with van der Waals surface area (Å²) in [5, 5.41) is 1.53. The van der Waals surface area contributed by atoms with Crippen molar-refractivity contribution in [2.24, 2.45) is 5.73 Å². The number of fused-ring (bicyclic) bond motifs is 5. The SMILES string of the molecule is COc1ccc(-c2cc(C(N)=O)c3[nH]c4ccc(C(=O)N5C[C@@H]6C[C@H]5CO6)cc4c3c2)cc1F. The summed E-state index contributed by atoms with van der Waals surface area (Å²) in [6.07, 6.45) is 1.00. The lowest BCUT2D eigenvalue weighted by atomic mass is 9.98. The van der Waals surface area contributed by atoms with Crippen molar-refractivity contribution in [3.05, 3.63) is 65.5 Å². The molecule has 3 N–H and O–H groups in total. The molecule has 2 amide bonds. The number of rotatable bonds is 4. The number of carbonyl (C=O) groups is 2. The second kappa shape index (κ2) is 7.56. The summed E-state index contributed by atoms with van der Waals surface area (Å²) in [4.78, 5) is 30.7. The summed E-state index contributed by atoms with van der Waals surface area (Å²) in [6, 6.07) is 13.7. The molecular weight excluding hydrogens is 437 g/mol. The van der Waals surface area contributed by atoms with Crippen molar-refractivity contribution in [3.8, 4) is 16.9 Å². The van der Waals surface area contributed by atoms with Crippen LogP contribution in [0.25, 0.3) is 32.9 Å². The van der Waals surface area contributed by atoms with Crippen LogP contribution in [0.1, 0.15) is 27.1 Å². The maximum atomic E-state index is 14.4. The number of carbonyl (C=O) groups excluding carboxylic acids is 2. The quantitative estimate of drug-likeness (QED) is 0.484. The number of nitrogens with zero attached hydrogens (tertiary/aromatic N) is 1. The number of H-pyrrole nitrogens is 1. The Morgan fingerprint density at radius 1 is 1.12 bits per heavy atom. The van der Waals surface area contributed by atoms with E-state index < -0.39 is 11.7 Å². The summed E-state index contributed by atoms with van der Waals surface area (Å²) in [6.45, 7) is 1.18. The number of aromatic amines is 1. The van der Waals surface area contributed by atoms with E-state index >= 15 is 0 Å². The maximum absolute atomic E-state index is 14.4. The van der Waals surface area contributed by atoms with E-state index in [2.05, 4.69) is 4.98 Å². The van der Waals surface area contributed by atoms with E-state index in [4.69, 9.17) is 15.2 Å². The van der Waals surface area contributed by atoms with E-state index in [1.165, 1.54) is 19.2 Å². The van der Waals surface area contributed by atoms with E-state index in [1.807, 2.05) is 23.1 Å². The number of morpholine rings is 1. The van der Waals surface area contributed by atoms with Gasteiger partial charge in [0.2, 0.25) is 0 Å². The fraction of sp³-hybridized carbons (Fsp3) is 0.231. The minimum atomic E-state index is -0.600. The van der Waals surface area contributed by atoms with Gasteiger partial charge in [0.1, 0.15) is 0 Å². The lowest BCUT2D eigenvalue weighted by Crippen LogP contribution is -2.41. The maximum Gasteiger partial charge on any atom is 0.254 e. The Kier molecular flexibility index (Phi) is 4.60. The fourth-order valence-corrected chi connectivity index (χ4v) is 5.15. The van der Waals surface area contributed by atoms with Gasteiger partial charge in [0.15, 0.2) is 11.6 Å². The molecule has 6 rings (SSSR count). The van der Waals surface area contributed by atoms with Crippen molar-refractivity contribution in [3.63, 3.8) is 0 Å². The third-order valence-corrected chi connectivity index (χ3v) is 6.87. The smallest absolute Gasteiger partial charge is 0.254 e. The van der Waals surface area contributed by atoms with E-state index in [1.54, 1.807) is 18.2 Å². The average molecular weight is 459 g/mol. The lowest BCUT2D eigenvalue weighted by molar-refractivity contribution is 0.0259. The molecule has 2 aliphatic heterocycles. The van der Waals surface area contributed by atoms with Gasteiger partial charge in [-0.05, 0) is 60.0 Å². The molecule has 0 saturated carbocycles. The predicted molar refractivity (Wildman–Crippen MR) is 125 cm³/mol. The first-order chi connectivity index (χ1) is 16.4. The van der Waals surface area contributed by atoms with Gasteiger partial charge in [-0.3, -0.25) is 9.59 Å². The highest BCUT2D eigenvalue weighted by molar-refractivity contribution is 6.17. The zero-order chi connectivity index (χ0) is 23.6. The van der Waals surface area contributed by atoms with Crippen molar-refractivity contribution in [2.45, 2.75) is 18.6 Å². The first-order valence-corrected chi connectivity index (χ1v) is 11.1.